The van der Waals surface area contributed by atoms with Crippen molar-refractivity contribution in [2.24, 2.45) is 0 Å². The minimum absolute atomic E-state index is 0.945. The molecule has 5 aromatic rings. The fourth-order valence-corrected chi connectivity index (χ4v) is 2.85. The largest absolute Gasteiger partial charge is 0.353 e. The number of aromatic nitrogens is 5. The van der Waals surface area contributed by atoms with E-state index in [0.717, 1.165) is 43.7 Å². The van der Waals surface area contributed by atoms with Gasteiger partial charge in [-0.05, 0) is 12.1 Å². The highest BCUT2D eigenvalue weighted by molar-refractivity contribution is 6.19. The minimum Gasteiger partial charge on any atom is -0.353 e. The molecular weight excluding hydrogens is 298 g/mol. The first-order chi connectivity index (χ1) is 11.9. The highest BCUT2D eigenvalue weighted by Crippen LogP contribution is 2.31. The Hall–Kier alpha value is -2.95. The number of H-pyrrole nitrogens is 2. The van der Waals surface area contributed by atoms with Crippen molar-refractivity contribution >= 4 is 43.7 Å². The van der Waals surface area contributed by atoms with Crippen LogP contribution in [-0.2, 0) is 0 Å². The first-order valence-corrected chi connectivity index (χ1v) is 8.37. The van der Waals surface area contributed by atoms with Crippen LogP contribution in [0.3, 0.4) is 0 Å². The van der Waals surface area contributed by atoms with Gasteiger partial charge in [-0.2, -0.15) is 0 Å². The maximum atomic E-state index is 4.60. The molecule has 0 saturated heterocycles. The molecule has 0 saturated carbocycles. The predicted molar refractivity (Wildman–Crippen MR) is 101 cm³/mol. The minimum atomic E-state index is 0.945. The molecule has 0 aliphatic carbocycles. The zero-order chi connectivity index (χ0) is 17.1. The Kier molecular flexibility index (Phi) is 4.42. The van der Waals surface area contributed by atoms with E-state index >= 15 is 0 Å². The molecule has 0 radical (unpaired) electrons. The normalized spacial score (nSPS) is 10.5. The number of aromatic amines is 2. The summed E-state index contributed by atoms with van der Waals surface area (Å²) >= 11 is 0. The maximum Gasteiger partial charge on any atom is 0.0995 e. The average Bonchev–Trinajstić information content (AvgIpc) is 3.23. The smallest absolute Gasteiger partial charge is 0.0995 e. The van der Waals surface area contributed by atoms with Crippen LogP contribution in [0.1, 0.15) is 27.7 Å². The Morgan fingerprint density at radius 3 is 1.96 bits per heavy atom. The van der Waals surface area contributed by atoms with Gasteiger partial charge in [-0.15, -0.1) is 0 Å². The Morgan fingerprint density at radius 1 is 0.667 bits per heavy atom. The number of rotatable bonds is 0. The molecular formula is C19H21N5. The summed E-state index contributed by atoms with van der Waals surface area (Å²) in [6, 6.07) is 3.94. The van der Waals surface area contributed by atoms with Gasteiger partial charge in [-0.25, -0.2) is 0 Å². The lowest BCUT2D eigenvalue weighted by Gasteiger charge is -1.92. The molecule has 0 aliphatic rings. The molecule has 5 rings (SSSR count). The molecule has 5 heteroatoms. The van der Waals surface area contributed by atoms with E-state index in [1.54, 1.807) is 12.4 Å². The van der Waals surface area contributed by atoms with Gasteiger partial charge < -0.3 is 9.97 Å². The average molecular weight is 319 g/mol. The van der Waals surface area contributed by atoms with Crippen molar-refractivity contribution in [2.75, 3.05) is 0 Å². The SMILES string of the molecule is CC.CC.c1cc2[nH]c3c(cnc4c5cnccc5[nH]c43)c2cn1. The molecule has 5 heterocycles. The van der Waals surface area contributed by atoms with Gasteiger partial charge >= 0.3 is 0 Å². The molecule has 0 bridgehead atoms. The summed E-state index contributed by atoms with van der Waals surface area (Å²) in [5.41, 5.74) is 5.14. The van der Waals surface area contributed by atoms with E-state index in [1.165, 1.54) is 0 Å². The lowest BCUT2D eigenvalue weighted by atomic mass is 10.2. The molecule has 5 nitrogen and oxygen atoms in total. The molecule has 122 valence electrons. The summed E-state index contributed by atoms with van der Waals surface area (Å²) in [4.78, 5) is 19.8. The van der Waals surface area contributed by atoms with Crippen molar-refractivity contribution in [3.63, 3.8) is 0 Å². The number of nitrogens with one attached hydrogen (secondary N) is 2. The summed E-state index contributed by atoms with van der Waals surface area (Å²) < 4.78 is 0. The fraction of sp³-hybridized carbons (Fsp3) is 0.211. The van der Waals surface area contributed by atoms with Crippen LogP contribution in [0.25, 0.3) is 43.7 Å². The second-order valence-electron chi connectivity index (χ2n) is 4.86. The number of nitrogens with zero attached hydrogens (tertiary/aromatic N) is 3. The van der Waals surface area contributed by atoms with Crippen LogP contribution >= 0.6 is 0 Å². The Balaban J connectivity index is 0.000000396. The van der Waals surface area contributed by atoms with E-state index in [9.17, 15) is 0 Å². The predicted octanol–water partition coefficient (Wildman–Crippen LogP) is 5.19. The van der Waals surface area contributed by atoms with Gasteiger partial charge in [0.05, 0.1) is 22.1 Å². The van der Waals surface area contributed by atoms with Crippen molar-refractivity contribution in [1.29, 1.82) is 0 Å². The van der Waals surface area contributed by atoms with Crippen LogP contribution in [0.15, 0.2) is 43.1 Å². The highest BCUT2D eigenvalue weighted by Gasteiger charge is 2.12. The van der Waals surface area contributed by atoms with Crippen LogP contribution in [0, 0.1) is 0 Å². The number of hydrogen-bond acceptors (Lipinski definition) is 3. The molecule has 24 heavy (non-hydrogen) atoms. The quantitative estimate of drug-likeness (QED) is 0.412. The van der Waals surface area contributed by atoms with Crippen molar-refractivity contribution in [3.05, 3.63) is 43.1 Å². The summed E-state index contributed by atoms with van der Waals surface area (Å²) in [5, 5.41) is 3.22. The Bertz CT molecular complexity index is 1010. The maximum absolute atomic E-state index is 4.60. The van der Waals surface area contributed by atoms with E-state index in [4.69, 9.17) is 0 Å². The van der Waals surface area contributed by atoms with Crippen LogP contribution in [0.5, 0.6) is 0 Å². The molecule has 0 atom stereocenters. The first kappa shape index (κ1) is 15.9. The van der Waals surface area contributed by atoms with E-state index < -0.39 is 0 Å². The van der Waals surface area contributed by atoms with Crippen LogP contribution < -0.4 is 0 Å². The van der Waals surface area contributed by atoms with Crippen LogP contribution in [-0.4, -0.2) is 24.9 Å². The molecule has 0 spiro atoms. The van der Waals surface area contributed by atoms with E-state index in [2.05, 4.69) is 24.9 Å². The summed E-state index contributed by atoms with van der Waals surface area (Å²) in [6.07, 6.45) is 9.18. The fourth-order valence-electron chi connectivity index (χ4n) is 2.85. The van der Waals surface area contributed by atoms with E-state index in [0.29, 0.717) is 0 Å². The van der Waals surface area contributed by atoms with Gasteiger partial charge in [0.1, 0.15) is 0 Å². The van der Waals surface area contributed by atoms with Gasteiger partial charge in [0.15, 0.2) is 0 Å². The lowest BCUT2D eigenvalue weighted by molar-refractivity contribution is 1.36. The van der Waals surface area contributed by atoms with E-state index in [1.807, 2.05) is 58.4 Å². The van der Waals surface area contributed by atoms with Gasteiger partial charge in [0.25, 0.3) is 0 Å². The summed E-state index contributed by atoms with van der Waals surface area (Å²) in [7, 11) is 0. The van der Waals surface area contributed by atoms with Crippen molar-refractivity contribution < 1.29 is 0 Å². The van der Waals surface area contributed by atoms with Crippen LogP contribution in [0.4, 0.5) is 0 Å². The molecule has 0 fully saturated rings. The molecule has 0 unspecified atom stereocenters. The second kappa shape index (κ2) is 6.66. The highest BCUT2D eigenvalue weighted by atomic mass is 14.8. The van der Waals surface area contributed by atoms with Gasteiger partial charge in [0.2, 0.25) is 0 Å². The number of hydrogen-bond donors (Lipinski definition) is 2. The molecule has 5 aromatic heterocycles. The Labute approximate surface area is 140 Å². The summed E-state index contributed by atoms with van der Waals surface area (Å²) in [5.74, 6) is 0. The molecule has 0 amide bonds. The third kappa shape index (κ3) is 2.29. The first-order valence-electron chi connectivity index (χ1n) is 8.37. The standard InChI is InChI=1S/C15H9N5.2C2H6/c1-3-16-5-8-9-7-18-13-10-6-17-4-2-12(10)20-15(13)14(9)19-11(1)8;2*1-2/h1-7,19-20H;2*1-2H3. The van der Waals surface area contributed by atoms with Crippen molar-refractivity contribution in [1.82, 2.24) is 24.9 Å². The van der Waals surface area contributed by atoms with Gasteiger partial charge in [0, 0.05) is 52.7 Å². The zero-order valence-corrected chi connectivity index (χ0v) is 14.4. The number of pyridine rings is 3. The molecule has 0 aromatic carbocycles. The Morgan fingerprint density at radius 2 is 1.25 bits per heavy atom. The van der Waals surface area contributed by atoms with Gasteiger partial charge in [-0.3, -0.25) is 15.0 Å². The van der Waals surface area contributed by atoms with E-state index in [-0.39, 0.29) is 0 Å². The third-order valence-electron chi connectivity index (χ3n) is 3.79. The van der Waals surface area contributed by atoms with Crippen molar-refractivity contribution in [2.45, 2.75) is 27.7 Å². The monoisotopic (exact) mass is 319 g/mol. The topological polar surface area (TPSA) is 70.2 Å². The van der Waals surface area contributed by atoms with Crippen molar-refractivity contribution in [3.8, 4) is 0 Å². The van der Waals surface area contributed by atoms with Crippen LogP contribution in [0.2, 0.25) is 0 Å². The lowest BCUT2D eigenvalue weighted by Crippen LogP contribution is -1.77. The number of fused-ring (bicyclic) bond motifs is 7. The van der Waals surface area contributed by atoms with Gasteiger partial charge in [-0.1, -0.05) is 27.7 Å². The summed E-state index contributed by atoms with van der Waals surface area (Å²) in [6.45, 7) is 8.00. The molecule has 2 N–H and O–H groups in total. The second-order valence-corrected chi connectivity index (χ2v) is 4.86. The zero-order valence-electron chi connectivity index (χ0n) is 14.4. The molecule has 0 aliphatic heterocycles. The third-order valence-corrected chi connectivity index (χ3v) is 3.79.